The predicted molar refractivity (Wildman–Crippen MR) is 75.4 cm³/mol. The molecule has 3 nitrogen and oxygen atoms in total. The van der Waals surface area contributed by atoms with Crippen molar-refractivity contribution < 1.29 is 4.79 Å². The van der Waals surface area contributed by atoms with Gasteiger partial charge in [-0.1, -0.05) is 22.0 Å². The van der Waals surface area contributed by atoms with Crippen molar-refractivity contribution in [1.82, 2.24) is 9.88 Å². The number of halogens is 1. The van der Waals surface area contributed by atoms with Crippen LogP contribution in [0.3, 0.4) is 0 Å². The van der Waals surface area contributed by atoms with Crippen LogP contribution < -0.4 is 5.32 Å². The Bertz CT molecular complexity index is 586. The molecule has 0 bridgehead atoms. The van der Waals surface area contributed by atoms with Crippen LogP contribution in [0.25, 0.3) is 10.9 Å². The molecule has 0 saturated heterocycles. The van der Waals surface area contributed by atoms with Crippen molar-refractivity contribution in [3.8, 4) is 0 Å². The third kappa shape index (κ3) is 2.43. The number of benzene rings is 1. The Balaban J connectivity index is 1.73. The van der Waals surface area contributed by atoms with Gasteiger partial charge in [-0.15, -0.1) is 0 Å². The Labute approximate surface area is 114 Å². The van der Waals surface area contributed by atoms with Crippen molar-refractivity contribution in [3.05, 3.63) is 34.9 Å². The van der Waals surface area contributed by atoms with Gasteiger partial charge >= 0.3 is 0 Å². The number of rotatable bonds is 4. The van der Waals surface area contributed by atoms with Gasteiger partial charge in [0.15, 0.2) is 0 Å². The van der Waals surface area contributed by atoms with E-state index in [1.807, 2.05) is 35.0 Å². The minimum absolute atomic E-state index is 0.0966. The largest absolute Gasteiger partial charge is 0.354 e. The van der Waals surface area contributed by atoms with Gasteiger partial charge in [0.2, 0.25) is 5.91 Å². The molecule has 0 aliphatic heterocycles. The van der Waals surface area contributed by atoms with E-state index in [9.17, 15) is 4.79 Å². The van der Waals surface area contributed by atoms with E-state index in [1.165, 1.54) is 12.8 Å². The summed E-state index contributed by atoms with van der Waals surface area (Å²) in [6.45, 7) is 1.23. The highest BCUT2D eigenvalue weighted by molar-refractivity contribution is 9.10. The SMILES string of the molecule is O=C(Cn1ccc2c(Br)cccc21)NCC1CC1. The van der Waals surface area contributed by atoms with Crippen LogP contribution in [0.1, 0.15) is 12.8 Å². The first-order valence-electron chi connectivity index (χ1n) is 6.24. The lowest BCUT2D eigenvalue weighted by molar-refractivity contribution is -0.121. The zero-order valence-corrected chi connectivity index (χ0v) is 11.6. The molecular weight excluding hydrogens is 292 g/mol. The molecule has 4 heteroatoms. The molecule has 1 amide bonds. The second-order valence-corrected chi connectivity index (χ2v) is 5.72. The van der Waals surface area contributed by atoms with Gasteiger partial charge < -0.3 is 9.88 Å². The Morgan fingerprint density at radius 3 is 3.00 bits per heavy atom. The third-order valence-corrected chi connectivity index (χ3v) is 4.05. The maximum absolute atomic E-state index is 11.8. The Morgan fingerprint density at radius 2 is 2.22 bits per heavy atom. The number of aromatic nitrogens is 1. The van der Waals surface area contributed by atoms with Gasteiger partial charge in [-0.2, -0.15) is 0 Å². The van der Waals surface area contributed by atoms with Crippen LogP contribution in [-0.2, 0) is 11.3 Å². The monoisotopic (exact) mass is 306 g/mol. The maximum Gasteiger partial charge on any atom is 0.239 e. The standard InChI is InChI=1S/C14H15BrN2O/c15-12-2-1-3-13-11(12)6-7-17(13)9-14(18)16-8-10-4-5-10/h1-3,6-7,10H,4-5,8-9H2,(H,16,18). The van der Waals surface area contributed by atoms with E-state index in [0.29, 0.717) is 6.54 Å². The van der Waals surface area contributed by atoms with Crippen molar-refractivity contribution in [2.75, 3.05) is 6.54 Å². The Kier molecular flexibility index (Phi) is 3.12. The first kappa shape index (κ1) is 11.8. The van der Waals surface area contributed by atoms with E-state index in [2.05, 4.69) is 21.2 Å². The zero-order valence-electron chi connectivity index (χ0n) is 10.0. The van der Waals surface area contributed by atoms with Gasteiger partial charge in [0.05, 0.1) is 0 Å². The highest BCUT2D eigenvalue weighted by Gasteiger charge is 2.21. The number of hydrogen-bond acceptors (Lipinski definition) is 1. The van der Waals surface area contributed by atoms with Crippen molar-refractivity contribution in [2.24, 2.45) is 5.92 Å². The molecule has 1 N–H and O–H groups in total. The number of carbonyl (C=O) groups is 1. The van der Waals surface area contributed by atoms with Crippen molar-refractivity contribution in [2.45, 2.75) is 19.4 Å². The summed E-state index contributed by atoms with van der Waals surface area (Å²) in [7, 11) is 0. The minimum Gasteiger partial charge on any atom is -0.354 e. The summed E-state index contributed by atoms with van der Waals surface area (Å²) in [6, 6.07) is 8.08. The molecule has 94 valence electrons. The van der Waals surface area contributed by atoms with Crippen LogP contribution in [0.15, 0.2) is 34.9 Å². The molecule has 1 aromatic carbocycles. The average molecular weight is 307 g/mol. The Hall–Kier alpha value is -1.29. The molecular formula is C14H15BrN2O. The first-order chi connectivity index (χ1) is 8.74. The van der Waals surface area contributed by atoms with Crippen LogP contribution in [0.2, 0.25) is 0 Å². The molecule has 0 radical (unpaired) electrons. The number of fused-ring (bicyclic) bond motifs is 1. The minimum atomic E-state index is 0.0966. The number of amides is 1. The van der Waals surface area contributed by atoms with E-state index in [1.54, 1.807) is 0 Å². The summed E-state index contributed by atoms with van der Waals surface area (Å²) in [4.78, 5) is 11.8. The van der Waals surface area contributed by atoms with Gasteiger partial charge in [-0.05, 0) is 37.0 Å². The van der Waals surface area contributed by atoms with Crippen LogP contribution in [0, 0.1) is 5.92 Å². The van der Waals surface area contributed by atoms with E-state index in [4.69, 9.17) is 0 Å². The predicted octanol–water partition coefficient (Wildman–Crippen LogP) is 2.93. The van der Waals surface area contributed by atoms with Crippen molar-refractivity contribution in [3.63, 3.8) is 0 Å². The summed E-state index contributed by atoms with van der Waals surface area (Å²) in [5.74, 6) is 0.823. The number of carbonyl (C=O) groups excluding carboxylic acids is 1. The summed E-state index contributed by atoms with van der Waals surface area (Å²) in [5.41, 5.74) is 1.09. The highest BCUT2D eigenvalue weighted by Crippen LogP contribution is 2.27. The molecule has 0 atom stereocenters. The lowest BCUT2D eigenvalue weighted by Crippen LogP contribution is -2.29. The molecule has 1 aromatic heterocycles. The summed E-state index contributed by atoms with van der Waals surface area (Å²) < 4.78 is 3.06. The van der Waals surface area contributed by atoms with E-state index in [0.717, 1.165) is 27.8 Å². The number of nitrogens with zero attached hydrogens (tertiary/aromatic N) is 1. The molecule has 0 spiro atoms. The molecule has 1 saturated carbocycles. The smallest absolute Gasteiger partial charge is 0.239 e. The molecule has 18 heavy (non-hydrogen) atoms. The molecule has 1 aliphatic carbocycles. The first-order valence-corrected chi connectivity index (χ1v) is 7.03. The van der Waals surface area contributed by atoms with Crippen LogP contribution in [0.5, 0.6) is 0 Å². The van der Waals surface area contributed by atoms with Crippen molar-refractivity contribution >= 4 is 32.7 Å². The van der Waals surface area contributed by atoms with Gasteiger partial charge in [0.1, 0.15) is 6.54 Å². The summed E-state index contributed by atoms with van der Waals surface area (Å²) >= 11 is 3.52. The quantitative estimate of drug-likeness (QED) is 0.926. The van der Waals surface area contributed by atoms with Crippen molar-refractivity contribution in [1.29, 1.82) is 0 Å². The Morgan fingerprint density at radius 1 is 1.39 bits per heavy atom. The van der Waals surface area contributed by atoms with E-state index in [-0.39, 0.29) is 5.91 Å². The third-order valence-electron chi connectivity index (χ3n) is 3.36. The topological polar surface area (TPSA) is 34.0 Å². The second-order valence-electron chi connectivity index (χ2n) is 4.86. The fourth-order valence-electron chi connectivity index (χ4n) is 2.11. The summed E-state index contributed by atoms with van der Waals surface area (Å²) in [6.07, 6.45) is 4.49. The fraction of sp³-hybridized carbons (Fsp3) is 0.357. The maximum atomic E-state index is 11.8. The molecule has 1 aliphatic rings. The summed E-state index contributed by atoms with van der Waals surface area (Å²) in [5, 5.41) is 4.14. The normalized spacial score (nSPS) is 14.9. The van der Waals surface area contributed by atoms with Crippen LogP contribution in [-0.4, -0.2) is 17.0 Å². The molecule has 2 aromatic rings. The number of hydrogen-bond donors (Lipinski definition) is 1. The molecule has 3 rings (SSSR count). The van der Waals surface area contributed by atoms with E-state index < -0.39 is 0 Å². The lowest BCUT2D eigenvalue weighted by Gasteiger charge is -2.07. The number of nitrogens with one attached hydrogen (secondary N) is 1. The van der Waals surface area contributed by atoms with Crippen LogP contribution >= 0.6 is 15.9 Å². The van der Waals surface area contributed by atoms with Gasteiger partial charge in [0.25, 0.3) is 0 Å². The molecule has 1 fully saturated rings. The van der Waals surface area contributed by atoms with E-state index >= 15 is 0 Å². The molecule has 0 unspecified atom stereocenters. The van der Waals surface area contributed by atoms with Gasteiger partial charge in [-0.25, -0.2) is 0 Å². The fourth-order valence-corrected chi connectivity index (χ4v) is 2.60. The lowest BCUT2D eigenvalue weighted by atomic mass is 10.2. The van der Waals surface area contributed by atoms with Gasteiger partial charge in [0, 0.05) is 28.1 Å². The zero-order chi connectivity index (χ0) is 12.5. The average Bonchev–Trinajstić information content (AvgIpc) is 3.10. The van der Waals surface area contributed by atoms with Crippen LogP contribution in [0.4, 0.5) is 0 Å². The second kappa shape index (κ2) is 4.76. The van der Waals surface area contributed by atoms with Gasteiger partial charge in [-0.3, -0.25) is 4.79 Å². The molecule has 1 heterocycles. The highest BCUT2D eigenvalue weighted by atomic mass is 79.9.